The Bertz CT molecular complexity index is 205. The van der Waals surface area contributed by atoms with Crippen molar-refractivity contribution in [2.45, 2.75) is 40.7 Å². The van der Waals surface area contributed by atoms with Gasteiger partial charge in [-0.3, -0.25) is 4.68 Å². The minimum Gasteiger partial charge on any atom is -0.316 e. The van der Waals surface area contributed by atoms with Gasteiger partial charge in [0.05, 0.1) is 0 Å². The molecular formula is C12H25N3. The van der Waals surface area contributed by atoms with E-state index in [1.165, 1.54) is 0 Å². The third-order valence-electron chi connectivity index (χ3n) is 1.85. The van der Waals surface area contributed by atoms with E-state index in [0.717, 1.165) is 32.0 Å². The van der Waals surface area contributed by atoms with Gasteiger partial charge in [-0.2, -0.15) is 5.10 Å². The molecule has 0 aliphatic carbocycles. The van der Waals surface area contributed by atoms with Gasteiger partial charge in [-0.15, -0.1) is 0 Å². The molecule has 1 N–H and O–H groups in total. The minimum absolute atomic E-state index is 0.740. The molecule has 0 bridgehead atoms. The fourth-order valence-corrected chi connectivity index (χ4v) is 1.19. The number of aromatic nitrogens is 2. The SMILES string of the molecule is CC.CC(C)CNCCCn1cccn1. The Balaban J connectivity index is 0.000000921. The second-order valence-corrected chi connectivity index (χ2v) is 3.72. The fourth-order valence-electron chi connectivity index (χ4n) is 1.19. The van der Waals surface area contributed by atoms with Crippen LogP contribution in [0.1, 0.15) is 34.1 Å². The quantitative estimate of drug-likeness (QED) is 0.733. The van der Waals surface area contributed by atoms with Gasteiger partial charge in [0.2, 0.25) is 0 Å². The molecule has 1 aromatic rings. The number of rotatable bonds is 6. The van der Waals surface area contributed by atoms with Gasteiger partial charge in [-0.1, -0.05) is 27.7 Å². The summed E-state index contributed by atoms with van der Waals surface area (Å²) in [6.07, 6.45) is 4.97. The van der Waals surface area contributed by atoms with Crippen LogP contribution >= 0.6 is 0 Å². The third kappa shape index (κ3) is 8.18. The van der Waals surface area contributed by atoms with Crippen LogP contribution in [-0.2, 0) is 6.54 Å². The van der Waals surface area contributed by atoms with Crippen molar-refractivity contribution in [2.24, 2.45) is 5.92 Å². The minimum atomic E-state index is 0.740. The van der Waals surface area contributed by atoms with Crippen molar-refractivity contribution in [1.29, 1.82) is 0 Å². The smallest absolute Gasteiger partial charge is 0.0489 e. The van der Waals surface area contributed by atoms with E-state index < -0.39 is 0 Å². The Labute approximate surface area is 93.9 Å². The highest BCUT2D eigenvalue weighted by molar-refractivity contribution is 4.77. The van der Waals surface area contributed by atoms with Crippen LogP contribution in [0.3, 0.4) is 0 Å². The molecule has 1 rings (SSSR count). The summed E-state index contributed by atoms with van der Waals surface area (Å²) < 4.78 is 1.97. The van der Waals surface area contributed by atoms with Crippen molar-refractivity contribution in [3.8, 4) is 0 Å². The van der Waals surface area contributed by atoms with Crippen molar-refractivity contribution < 1.29 is 0 Å². The van der Waals surface area contributed by atoms with Gasteiger partial charge in [-0.25, -0.2) is 0 Å². The number of hydrogen-bond acceptors (Lipinski definition) is 2. The van der Waals surface area contributed by atoms with E-state index in [-0.39, 0.29) is 0 Å². The summed E-state index contributed by atoms with van der Waals surface area (Å²) in [5.74, 6) is 0.740. The predicted molar refractivity (Wildman–Crippen MR) is 65.9 cm³/mol. The van der Waals surface area contributed by atoms with Crippen molar-refractivity contribution in [3.05, 3.63) is 18.5 Å². The summed E-state index contributed by atoms with van der Waals surface area (Å²) in [5.41, 5.74) is 0. The van der Waals surface area contributed by atoms with Gasteiger partial charge in [0.25, 0.3) is 0 Å². The summed E-state index contributed by atoms with van der Waals surface area (Å²) in [7, 11) is 0. The molecule has 88 valence electrons. The zero-order valence-corrected chi connectivity index (χ0v) is 10.5. The maximum absolute atomic E-state index is 4.14. The van der Waals surface area contributed by atoms with Gasteiger partial charge in [0.1, 0.15) is 0 Å². The summed E-state index contributed by atoms with van der Waals surface area (Å²) in [6, 6.07) is 1.96. The largest absolute Gasteiger partial charge is 0.316 e. The molecule has 0 saturated carbocycles. The molecule has 3 heteroatoms. The summed E-state index contributed by atoms with van der Waals surface area (Å²) in [6.45, 7) is 11.6. The lowest BCUT2D eigenvalue weighted by Crippen LogP contribution is -2.21. The lowest BCUT2D eigenvalue weighted by atomic mass is 10.2. The van der Waals surface area contributed by atoms with Gasteiger partial charge >= 0.3 is 0 Å². The van der Waals surface area contributed by atoms with Crippen molar-refractivity contribution >= 4 is 0 Å². The van der Waals surface area contributed by atoms with Crippen molar-refractivity contribution in [1.82, 2.24) is 15.1 Å². The first-order chi connectivity index (χ1) is 7.29. The van der Waals surface area contributed by atoms with Gasteiger partial charge in [-0.05, 0) is 31.5 Å². The molecule has 0 saturated heterocycles. The highest BCUT2D eigenvalue weighted by atomic mass is 15.3. The molecule has 3 nitrogen and oxygen atoms in total. The maximum atomic E-state index is 4.14. The van der Waals surface area contributed by atoms with Crippen LogP contribution in [0, 0.1) is 5.92 Å². The standard InChI is InChI=1S/C10H19N3.C2H6/c1-10(2)9-11-5-3-7-13-8-4-6-12-13;1-2/h4,6,8,10-11H,3,5,7,9H2,1-2H3;1-2H3. The van der Waals surface area contributed by atoms with Crippen LogP contribution < -0.4 is 5.32 Å². The monoisotopic (exact) mass is 211 g/mol. The highest BCUT2D eigenvalue weighted by Gasteiger charge is 1.93. The molecule has 15 heavy (non-hydrogen) atoms. The van der Waals surface area contributed by atoms with E-state index in [2.05, 4.69) is 24.3 Å². The van der Waals surface area contributed by atoms with E-state index in [1.54, 1.807) is 0 Å². The summed E-state index contributed by atoms with van der Waals surface area (Å²) >= 11 is 0. The van der Waals surface area contributed by atoms with Crippen LogP contribution in [0.2, 0.25) is 0 Å². The number of hydrogen-bond donors (Lipinski definition) is 1. The Kier molecular flexibility index (Phi) is 9.18. The number of aryl methyl sites for hydroxylation is 1. The van der Waals surface area contributed by atoms with Crippen molar-refractivity contribution in [2.75, 3.05) is 13.1 Å². The Morgan fingerprint density at radius 1 is 1.33 bits per heavy atom. The Hall–Kier alpha value is -0.830. The van der Waals surface area contributed by atoms with E-state index in [4.69, 9.17) is 0 Å². The van der Waals surface area contributed by atoms with Crippen molar-refractivity contribution in [3.63, 3.8) is 0 Å². The van der Waals surface area contributed by atoms with Crippen LogP contribution in [0.15, 0.2) is 18.5 Å². The molecule has 1 heterocycles. The lowest BCUT2D eigenvalue weighted by Gasteiger charge is -2.06. The Morgan fingerprint density at radius 2 is 2.07 bits per heavy atom. The lowest BCUT2D eigenvalue weighted by molar-refractivity contribution is 0.506. The van der Waals surface area contributed by atoms with E-state index in [1.807, 2.05) is 37.0 Å². The molecule has 0 radical (unpaired) electrons. The first-order valence-electron chi connectivity index (χ1n) is 5.97. The fraction of sp³-hybridized carbons (Fsp3) is 0.750. The van der Waals surface area contributed by atoms with Gasteiger partial charge in [0.15, 0.2) is 0 Å². The summed E-state index contributed by atoms with van der Waals surface area (Å²) in [4.78, 5) is 0. The first kappa shape index (κ1) is 14.2. The van der Waals surface area contributed by atoms with Crippen LogP contribution in [0.4, 0.5) is 0 Å². The predicted octanol–water partition coefficient (Wildman–Crippen LogP) is 2.55. The third-order valence-corrected chi connectivity index (χ3v) is 1.85. The molecule has 0 fully saturated rings. The molecule has 0 aromatic carbocycles. The Morgan fingerprint density at radius 3 is 2.60 bits per heavy atom. The average Bonchev–Trinajstić information content (AvgIpc) is 2.73. The number of nitrogens with one attached hydrogen (secondary N) is 1. The van der Waals surface area contributed by atoms with Gasteiger partial charge in [0, 0.05) is 18.9 Å². The van der Waals surface area contributed by atoms with Crippen LogP contribution in [0.25, 0.3) is 0 Å². The van der Waals surface area contributed by atoms with Crippen LogP contribution in [0.5, 0.6) is 0 Å². The first-order valence-corrected chi connectivity index (χ1v) is 5.97. The zero-order chi connectivity index (χ0) is 11.5. The maximum Gasteiger partial charge on any atom is 0.0489 e. The topological polar surface area (TPSA) is 29.9 Å². The normalized spacial score (nSPS) is 9.93. The molecular weight excluding hydrogens is 186 g/mol. The second-order valence-electron chi connectivity index (χ2n) is 3.72. The molecule has 0 aliphatic heterocycles. The molecule has 0 atom stereocenters. The zero-order valence-electron chi connectivity index (χ0n) is 10.5. The van der Waals surface area contributed by atoms with E-state index in [0.29, 0.717) is 0 Å². The number of nitrogens with zero attached hydrogens (tertiary/aromatic N) is 2. The molecule has 0 unspecified atom stereocenters. The molecule has 0 spiro atoms. The van der Waals surface area contributed by atoms with Crippen LogP contribution in [-0.4, -0.2) is 22.9 Å². The van der Waals surface area contributed by atoms with E-state index >= 15 is 0 Å². The van der Waals surface area contributed by atoms with E-state index in [9.17, 15) is 0 Å². The van der Waals surface area contributed by atoms with Gasteiger partial charge < -0.3 is 5.32 Å². The second kappa shape index (κ2) is 9.71. The summed E-state index contributed by atoms with van der Waals surface area (Å²) in [5, 5.41) is 7.54. The highest BCUT2D eigenvalue weighted by Crippen LogP contribution is 1.90. The molecule has 0 aliphatic rings. The molecule has 0 amide bonds. The average molecular weight is 211 g/mol. The molecule has 1 aromatic heterocycles.